The Morgan fingerprint density at radius 2 is 1.75 bits per heavy atom. The van der Waals surface area contributed by atoms with Crippen molar-refractivity contribution in [3.63, 3.8) is 0 Å². The highest BCUT2D eigenvalue weighted by molar-refractivity contribution is 7.08. The summed E-state index contributed by atoms with van der Waals surface area (Å²) in [5.74, 6) is 0.0420. The first kappa shape index (κ1) is 15.4. The Balaban J connectivity index is 1.39. The summed E-state index contributed by atoms with van der Waals surface area (Å²) in [6.07, 6.45) is 3.30. The predicted molar refractivity (Wildman–Crippen MR) is 91.3 cm³/mol. The number of rotatable bonds is 2. The molecule has 0 radical (unpaired) electrons. The Hall–Kier alpha value is -2.15. The Bertz CT molecular complexity index is 721. The lowest BCUT2D eigenvalue weighted by Crippen LogP contribution is -2.50. The van der Waals surface area contributed by atoms with Gasteiger partial charge in [-0.25, -0.2) is 0 Å². The molecular weight excluding hydrogens is 324 g/mol. The van der Waals surface area contributed by atoms with E-state index in [4.69, 9.17) is 0 Å². The van der Waals surface area contributed by atoms with E-state index >= 15 is 0 Å². The average Bonchev–Trinajstić information content (AvgIpc) is 3.30. The van der Waals surface area contributed by atoms with Gasteiger partial charge in [-0.15, -0.1) is 0 Å². The first-order chi connectivity index (χ1) is 11.7. The molecule has 2 aliphatic rings. The third-order valence-electron chi connectivity index (χ3n) is 4.76. The van der Waals surface area contributed by atoms with Crippen LogP contribution in [0.15, 0.2) is 22.9 Å². The molecule has 0 atom stereocenters. The Morgan fingerprint density at radius 3 is 2.42 bits per heavy atom. The highest BCUT2D eigenvalue weighted by Crippen LogP contribution is 2.17. The summed E-state index contributed by atoms with van der Waals surface area (Å²) in [7, 11) is 0. The maximum Gasteiger partial charge on any atom is 0.274 e. The molecule has 6 nitrogen and oxygen atoms in total. The molecule has 0 spiro atoms. The summed E-state index contributed by atoms with van der Waals surface area (Å²) in [4.78, 5) is 28.7. The third kappa shape index (κ3) is 2.84. The summed E-state index contributed by atoms with van der Waals surface area (Å²) >= 11 is 1.52. The van der Waals surface area contributed by atoms with Crippen molar-refractivity contribution in [2.24, 2.45) is 0 Å². The molecule has 1 saturated heterocycles. The van der Waals surface area contributed by atoms with Gasteiger partial charge in [-0.05, 0) is 36.8 Å². The lowest BCUT2D eigenvalue weighted by atomic mass is 10.1. The largest absolute Gasteiger partial charge is 0.335 e. The van der Waals surface area contributed by atoms with E-state index in [1.165, 1.54) is 17.8 Å². The monoisotopic (exact) mass is 344 g/mol. The minimum atomic E-state index is -0.0143. The zero-order chi connectivity index (χ0) is 16.5. The first-order valence-corrected chi connectivity index (χ1v) is 9.34. The lowest BCUT2D eigenvalue weighted by molar-refractivity contribution is 0.0532. The number of aromatic nitrogens is 2. The SMILES string of the molecule is O=C(c1ccsc1)N1CCN(C(=O)c2cc3n(n2)CCCC3)CC1. The van der Waals surface area contributed by atoms with Gasteiger partial charge in [0.05, 0.1) is 5.56 Å². The molecule has 0 saturated carbocycles. The number of thiophene rings is 1. The number of hydrogen-bond donors (Lipinski definition) is 0. The molecule has 0 aromatic carbocycles. The van der Waals surface area contributed by atoms with Crippen molar-refractivity contribution in [1.29, 1.82) is 0 Å². The maximum atomic E-state index is 12.7. The van der Waals surface area contributed by atoms with Gasteiger partial charge < -0.3 is 9.80 Å². The van der Waals surface area contributed by atoms with Crippen LogP contribution < -0.4 is 0 Å². The summed E-state index contributed by atoms with van der Waals surface area (Å²) in [6, 6.07) is 3.78. The fourth-order valence-electron chi connectivity index (χ4n) is 3.37. The number of fused-ring (bicyclic) bond motifs is 1. The van der Waals surface area contributed by atoms with E-state index in [-0.39, 0.29) is 11.8 Å². The van der Waals surface area contributed by atoms with Crippen LogP contribution in [0.3, 0.4) is 0 Å². The molecule has 0 unspecified atom stereocenters. The molecule has 2 aliphatic heterocycles. The standard InChI is InChI=1S/C17H20N4O2S/c22-16(13-4-10-24-12-13)19-6-8-20(9-7-19)17(23)15-11-14-3-1-2-5-21(14)18-15/h4,10-12H,1-3,5-9H2. The minimum Gasteiger partial charge on any atom is -0.335 e. The van der Waals surface area contributed by atoms with E-state index in [1.807, 2.05) is 37.4 Å². The predicted octanol–water partition coefficient (Wildman–Crippen LogP) is 1.88. The van der Waals surface area contributed by atoms with Crippen molar-refractivity contribution in [1.82, 2.24) is 19.6 Å². The van der Waals surface area contributed by atoms with Crippen molar-refractivity contribution in [3.8, 4) is 0 Å². The third-order valence-corrected chi connectivity index (χ3v) is 5.44. The molecule has 0 bridgehead atoms. The molecule has 126 valence electrons. The van der Waals surface area contributed by atoms with Crippen LogP contribution in [0.2, 0.25) is 0 Å². The van der Waals surface area contributed by atoms with Gasteiger partial charge in [0.2, 0.25) is 0 Å². The van der Waals surface area contributed by atoms with Crippen LogP contribution in [0.1, 0.15) is 39.4 Å². The Kier molecular flexibility index (Phi) is 4.10. The van der Waals surface area contributed by atoms with Gasteiger partial charge in [0.1, 0.15) is 0 Å². The van der Waals surface area contributed by atoms with Gasteiger partial charge in [0, 0.05) is 43.8 Å². The highest BCUT2D eigenvalue weighted by atomic mass is 32.1. The summed E-state index contributed by atoms with van der Waals surface area (Å²) < 4.78 is 1.97. The minimum absolute atomic E-state index is 0.0143. The Labute approximate surface area is 144 Å². The average molecular weight is 344 g/mol. The van der Waals surface area contributed by atoms with Crippen LogP contribution in [0, 0.1) is 0 Å². The van der Waals surface area contributed by atoms with Gasteiger partial charge in [-0.1, -0.05) is 0 Å². The quantitative estimate of drug-likeness (QED) is 0.836. The molecule has 2 aromatic heterocycles. The highest BCUT2D eigenvalue weighted by Gasteiger charge is 2.27. The second-order valence-electron chi connectivity index (χ2n) is 6.30. The summed E-state index contributed by atoms with van der Waals surface area (Å²) in [6.45, 7) is 3.20. The van der Waals surface area contributed by atoms with Crippen LogP contribution in [0.4, 0.5) is 0 Å². The smallest absolute Gasteiger partial charge is 0.274 e. The number of carbonyl (C=O) groups excluding carboxylic acids is 2. The van der Waals surface area contributed by atoms with Crippen molar-refractivity contribution in [2.75, 3.05) is 26.2 Å². The molecule has 2 amide bonds. The molecule has 24 heavy (non-hydrogen) atoms. The number of hydrogen-bond acceptors (Lipinski definition) is 4. The van der Waals surface area contributed by atoms with Gasteiger partial charge >= 0.3 is 0 Å². The molecule has 7 heteroatoms. The normalized spacial score (nSPS) is 17.7. The van der Waals surface area contributed by atoms with Gasteiger partial charge in [-0.2, -0.15) is 16.4 Å². The maximum absolute atomic E-state index is 12.7. The van der Waals surface area contributed by atoms with E-state index < -0.39 is 0 Å². The molecule has 4 rings (SSSR count). The van der Waals surface area contributed by atoms with Crippen LogP contribution >= 0.6 is 11.3 Å². The summed E-state index contributed by atoms with van der Waals surface area (Å²) in [5.41, 5.74) is 2.45. The zero-order valence-electron chi connectivity index (χ0n) is 13.5. The number of carbonyl (C=O) groups is 2. The number of piperazine rings is 1. The van der Waals surface area contributed by atoms with Gasteiger partial charge in [-0.3, -0.25) is 14.3 Å². The zero-order valence-corrected chi connectivity index (χ0v) is 14.3. The number of nitrogens with zero attached hydrogens (tertiary/aromatic N) is 4. The van der Waals surface area contributed by atoms with Gasteiger partial charge in [0.25, 0.3) is 11.8 Å². The Morgan fingerprint density at radius 1 is 1.00 bits per heavy atom. The number of amides is 2. The second kappa shape index (κ2) is 6.39. The fraction of sp³-hybridized carbons (Fsp3) is 0.471. The molecule has 0 N–H and O–H groups in total. The van der Waals surface area contributed by atoms with Crippen LogP contribution in [-0.4, -0.2) is 57.6 Å². The van der Waals surface area contributed by atoms with Gasteiger partial charge in [0.15, 0.2) is 5.69 Å². The molecule has 2 aromatic rings. The lowest BCUT2D eigenvalue weighted by Gasteiger charge is -2.34. The fourth-order valence-corrected chi connectivity index (χ4v) is 4.00. The van der Waals surface area contributed by atoms with Crippen LogP contribution in [0.5, 0.6) is 0 Å². The van der Waals surface area contributed by atoms with Crippen LogP contribution in [-0.2, 0) is 13.0 Å². The van der Waals surface area contributed by atoms with E-state index in [2.05, 4.69) is 5.10 Å². The van der Waals surface area contributed by atoms with Crippen molar-refractivity contribution < 1.29 is 9.59 Å². The molecule has 1 fully saturated rings. The summed E-state index contributed by atoms with van der Waals surface area (Å²) in [5, 5.41) is 8.25. The van der Waals surface area contributed by atoms with E-state index in [1.54, 1.807) is 0 Å². The van der Waals surface area contributed by atoms with E-state index in [9.17, 15) is 9.59 Å². The second-order valence-corrected chi connectivity index (χ2v) is 7.08. The van der Waals surface area contributed by atoms with Crippen molar-refractivity contribution in [2.45, 2.75) is 25.8 Å². The van der Waals surface area contributed by atoms with Crippen molar-refractivity contribution >= 4 is 23.2 Å². The number of aryl methyl sites for hydroxylation is 2. The molecule has 0 aliphatic carbocycles. The van der Waals surface area contributed by atoms with Crippen molar-refractivity contribution in [3.05, 3.63) is 39.8 Å². The topological polar surface area (TPSA) is 58.4 Å². The van der Waals surface area contributed by atoms with Crippen LogP contribution in [0.25, 0.3) is 0 Å². The molecule has 4 heterocycles. The van der Waals surface area contributed by atoms with E-state index in [0.717, 1.165) is 30.6 Å². The van der Waals surface area contributed by atoms with E-state index in [0.29, 0.717) is 31.9 Å². The first-order valence-electron chi connectivity index (χ1n) is 8.40. The molecular formula is C17H20N4O2S.